The lowest BCUT2D eigenvalue weighted by molar-refractivity contribution is 0.460. The van der Waals surface area contributed by atoms with Gasteiger partial charge in [0, 0.05) is 22.6 Å². The Hall–Kier alpha value is -2.06. The van der Waals surface area contributed by atoms with Gasteiger partial charge in [-0.05, 0) is 30.5 Å². The Morgan fingerprint density at radius 3 is 2.55 bits per heavy atom. The predicted octanol–water partition coefficient (Wildman–Crippen LogP) is 3.79. The normalized spacial score (nSPS) is 21.9. The lowest BCUT2D eigenvalue weighted by Gasteiger charge is -2.29. The molecule has 2 heteroatoms. The Morgan fingerprint density at radius 1 is 0.950 bits per heavy atom. The maximum Gasteiger partial charge on any atom is 0.0734 e. The number of aromatic amines is 1. The van der Waals surface area contributed by atoms with Crippen LogP contribution >= 0.6 is 0 Å². The average Bonchev–Trinajstić information content (AvgIpc) is 2.86. The number of hydrogen-bond acceptors (Lipinski definition) is 1. The third kappa shape index (κ3) is 1.76. The van der Waals surface area contributed by atoms with Crippen LogP contribution in [-0.2, 0) is 6.42 Å². The van der Waals surface area contributed by atoms with E-state index in [0.717, 1.165) is 6.42 Å². The highest BCUT2D eigenvalue weighted by atomic mass is 15.0. The van der Waals surface area contributed by atoms with Gasteiger partial charge >= 0.3 is 0 Å². The second-order valence-electron chi connectivity index (χ2n) is 5.68. The zero-order valence-corrected chi connectivity index (χ0v) is 11.6. The van der Waals surface area contributed by atoms with E-state index in [1.165, 1.54) is 27.7 Å². The molecule has 3 aromatic rings. The van der Waals surface area contributed by atoms with Crippen LogP contribution < -0.4 is 5.32 Å². The van der Waals surface area contributed by atoms with E-state index in [1.54, 1.807) is 0 Å². The van der Waals surface area contributed by atoms with Crippen molar-refractivity contribution in [2.24, 2.45) is 0 Å². The molecule has 2 atom stereocenters. The molecule has 1 aromatic heterocycles. The number of rotatable bonds is 1. The third-order valence-electron chi connectivity index (χ3n) is 4.23. The van der Waals surface area contributed by atoms with Gasteiger partial charge in [0.1, 0.15) is 0 Å². The third-order valence-corrected chi connectivity index (χ3v) is 4.23. The topological polar surface area (TPSA) is 27.8 Å². The van der Waals surface area contributed by atoms with E-state index < -0.39 is 0 Å². The lowest BCUT2D eigenvalue weighted by Crippen LogP contribution is -2.37. The molecule has 1 aliphatic heterocycles. The molecule has 0 saturated carbocycles. The first kappa shape index (κ1) is 11.7. The van der Waals surface area contributed by atoms with Gasteiger partial charge in [0.05, 0.1) is 6.04 Å². The molecule has 0 spiro atoms. The number of hydrogen-bond donors (Lipinski definition) is 2. The minimum absolute atomic E-state index is 0.266. The van der Waals surface area contributed by atoms with Crippen LogP contribution in [0, 0.1) is 0 Å². The molecule has 2 nitrogen and oxygen atoms in total. The summed E-state index contributed by atoms with van der Waals surface area (Å²) in [5.74, 6) is 0. The van der Waals surface area contributed by atoms with Gasteiger partial charge in [0.25, 0.3) is 0 Å². The van der Waals surface area contributed by atoms with Crippen molar-refractivity contribution in [1.82, 2.24) is 10.3 Å². The molecule has 20 heavy (non-hydrogen) atoms. The largest absolute Gasteiger partial charge is 0.357 e. The Labute approximate surface area is 118 Å². The van der Waals surface area contributed by atoms with Gasteiger partial charge in [0.2, 0.25) is 0 Å². The lowest BCUT2D eigenvalue weighted by atomic mass is 9.91. The second-order valence-corrected chi connectivity index (χ2v) is 5.68. The van der Waals surface area contributed by atoms with Crippen molar-refractivity contribution in [3.8, 4) is 0 Å². The molecular formula is C18H18N2. The van der Waals surface area contributed by atoms with Crippen LogP contribution in [0.2, 0.25) is 0 Å². The summed E-state index contributed by atoms with van der Waals surface area (Å²) in [6.07, 6.45) is 1.09. The van der Waals surface area contributed by atoms with E-state index >= 15 is 0 Å². The standard InChI is InChI=1S/C18H18N2/c1-12-11-15-14-9-5-6-10-16(14)20-18(15)17(19-12)13-7-3-2-4-8-13/h2-10,12,17,19-20H,11H2,1H3. The summed E-state index contributed by atoms with van der Waals surface area (Å²) in [5, 5.41) is 5.09. The number of benzene rings is 2. The maximum atomic E-state index is 3.72. The van der Waals surface area contributed by atoms with E-state index in [-0.39, 0.29) is 6.04 Å². The maximum absolute atomic E-state index is 3.72. The van der Waals surface area contributed by atoms with E-state index in [9.17, 15) is 0 Å². The average molecular weight is 262 g/mol. The molecule has 0 amide bonds. The smallest absolute Gasteiger partial charge is 0.0734 e. The summed E-state index contributed by atoms with van der Waals surface area (Å²) in [5.41, 5.74) is 5.37. The van der Waals surface area contributed by atoms with Gasteiger partial charge in [-0.3, -0.25) is 0 Å². The number of aromatic nitrogens is 1. The Balaban J connectivity index is 1.92. The molecule has 2 unspecified atom stereocenters. The summed E-state index contributed by atoms with van der Waals surface area (Å²) >= 11 is 0. The van der Waals surface area contributed by atoms with Crippen LogP contribution in [-0.4, -0.2) is 11.0 Å². The number of fused-ring (bicyclic) bond motifs is 3. The number of H-pyrrole nitrogens is 1. The predicted molar refractivity (Wildman–Crippen MR) is 82.9 cm³/mol. The van der Waals surface area contributed by atoms with Gasteiger partial charge in [-0.15, -0.1) is 0 Å². The van der Waals surface area contributed by atoms with Gasteiger partial charge in [0.15, 0.2) is 0 Å². The van der Waals surface area contributed by atoms with Gasteiger partial charge in [-0.25, -0.2) is 0 Å². The van der Waals surface area contributed by atoms with Crippen LogP contribution in [0.25, 0.3) is 10.9 Å². The van der Waals surface area contributed by atoms with E-state index in [0.29, 0.717) is 6.04 Å². The van der Waals surface area contributed by atoms with Gasteiger partial charge in [-0.2, -0.15) is 0 Å². The van der Waals surface area contributed by atoms with Crippen molar-refractivity contribution in [3.05, 3.63) is 71.4 Å². The molecule has 2 aromatic carbocycles. The summed E-state index contributed by atoms with van der Waals surface area (Å²) < 4.78 is 0. The highest BCUT2D eigenvalue weighted by Gasteiger charge is 2.28. The fourth-order valence-corrected chi connectivity index (χ4v) is 3.33. The Morgan fingerprint density at radius 2 is 1.70 bits per heavy atom. The SMILES string of the molecule is CC1Cc2c([nH]c3ccccc23)C(c2ccccc2)N1. The molecule has 0 bridgehead atoms. The molecule has 2 N–H and O–H groups in total. The molecule has 0 saturated heterocycles. The highest BCUT2D eigenvalue weighted by Crippen LogP contribution is 2.34. The summed E-state index contributed by atoms with van der Waals surface area (Å²) in [7, 11) is 0. The van der Waals surface area contributed by atoms with Crippen LogP contribution in [0.4, 0.5) is 0 Å². The molecule has 1 aliphatic rings. The molecule has 0 aliphatic carbocycles. The Kier molecular flexibility index (Phi) is 2.64. The van der Waals surface area contributed by atoms with E-state index in [2.05, 4.69) is 71.8 Å². The summed E-state index contributed by atoms with van der Waals surface area (Å²) in [6.45, 7) is 2.26. The molecule has 0 fully saturated rings. The molecule has 0 radical (unpaired) electrons. The monoisotopic (exact) mass is 262 g/mol. The first-order chi connectivity index (χ1) is 9.83. The number of para-hydroxylation sites is 1. The van der Waals surface area contributed by atoms with Crippen LogP contribution in [0.1, 0.15) is 29.8 Å². The quantitative estimate of drug-likeness (QED) is 0.686. The van der Waals surface area contributed by atoms with Crippen LogP contribution in [0.15, 0.2) is 54.6 Å². The zero-order chi connectivity index (χ0) is 13.5. The van der Waals surface area contributed by atoms with Gasteiger partial charge < -0.3 is 10.3 Å². The van der Waals surface area contributed by atoms with Crippen molar-refractivity contribution >= 4 is 10.9 Å². The minimum Gasteiger partial charge on any atom is -0.357 e. The zero-order valence-electron chi connectivity index (χ0n) is 11.6. The van der Waals surface area contributed by atoms with Crippen LogP contribution in [0.5, 0.6) is 0 Å². The van der Waals surface area contributed by atoms with Crippen molar-refractivity contribution in [1.29, 1.82) is 0 Å². The first-order valence-electron chi connectivity index (χ1n) is 7.23. The molecule has 100 valence electrons. The van der Waals surface area contributed by atoms with Crippen molar-refractivity contribution in [3.63, 3.8) is 0 Å². The highest BCUT2D eigenvalue weighted by molar-refractivity contribution is 5.85. The molecule has 4 rings (SSSR count). The fraction of sp³-hybridized carbons (Fsp3) is 0.222. The van der Waals surface area contributed by atoms with Crippen molar-refractivity contribution < 1.29 is 0 Å². The summed E-state index contributed by atoms with van der Waals surface area (Å²) in [6, 6.07) is 20.1. The number of nitrogens with one attached hydrogen (secondary N) is 2. The van der Waals surface area contributed by atoms with Gasteiger partial charge in [-0.1, -0.05) is 48.5 Å². The van der Waals surface area contributed by atoms with Crippen molar-refractivity contribution in [2.75, 3.05) is 0 Å². The molecule has 2 heterocycles. The fourth-order valence-electron chi connectivity index (χ4n) is 3.33. The van der Waals surface area contributed by atoms with Crippen molar-refractivity contribution in [2.45, 2.75) is 25.4 Å². The first-order valence-corrected chi connectivity index (χ1v) is 7.23. The van der Waals surface area contributed by atoms with E-state index in [1.807, 2.05) is 0 Å². The second kappa shape index (κ2) is 4.50. The molecular weight excluding hydrogens is 244 g/mol. The summed E-state index contributed by atoms with van der Waals surface area (Å²) in [4.78, 5) is 3.62. The minimum atomic E-state index is 0.266. The van der Waals surface area contributed by atoms with E-state index in [4.69, 9.17) is 0 Å². The van der Waals surface area contributed by atoms with Crippen LogP contribution in [0.3, 0.4) is 0 Å². The Bertz CT molecular complexity index is 742.